The summed E-state index contributed by atoms with van der Waals surface area (Å²) >= 11 is 0. The molecule has 0 amide bonds. The number of aliphatic hydroxyl groups excluding tert-OH is 2. The Balaban J connectivity index is 2.41. The van der Waals surface area contributed by atoms with Crippen LogP contribution >= 0.6 is 0 Å². The fraction of sp³-hybridized carbons (Fsp3) is 0.545. The first-order chi connectivity index (χ1) is 8.93. The van der Waals surface area contributed by atoms with Gasteiger partial charge in [0.2, 0.25) is 0 Å². The van der Waals surface area contributed by atoms with Gasteiger partial charge in [0.05, 0.1) is 12.7 Å². The Morgan fingerprint density at radius 3 is 2.84 bits per heavy atom. The lowest BCUT2D eigenvalue weighted by Crippen LogP contribution is -2.45. The number of aromatic nitrogens is 2. The Morgan fingerprint density at radius 2 is 2.32 bits per heavy atom. The summed E-state index contributed by atoms with van der Waals surface area (Å²) in [6.45, 7) is 0.824. The maximum absolute atomic E-state index is 11.7. The van der Waals surface area contributed by atoms with Crippen LogP contribution in [0.5, 0.6) is 0 Å². The smallest absolute Gasteiger partial charge is 0.330 e. The number of hydrogen-bond donors (Lipinski definition) is 3. The van der Waals surface area contributed by atoms with Crippen molar-refractivity contribution < 1.29 is 19.7 Å². The summed E-state index contributed by atoms with van der Waals surface area (Å²) < 4.78 is 6.38. The number of nitrogens with one attached hydrogen (secondary N) is 1. The minimum atomic E-state index is -1.73. The molecule has 19 heavy (non-hydrogen) atoms. The molecule has 1 saturated heterocycles. The van der Waals surface area contributed by atoms with Crippen LogP contribution in [-0.4, -0.2) is 44.4 Å². The monoisotopic (exact) mass is 270 g/mol. The molecule has 3 atom stereocenters. The van der Waals surface area contributed by atoms with Crippen LogP contribution < -0.4 is 11.2 Å². The molecule has 0 saturated carbocycles. The first-order valence-electron chi connectivity index (χ1n) is 5.68. The number of ether oxygens (including phenoxy) is 1. The predicted octanol–water partition coefficient (Wildman–Crippen LogP) is -1.95. The number of carbonyl (C=O) groups excluding carboxylic acids is 1. The van der Waals surface area contributed by atoms with Gasteiger partial charge in [-0.15, -0.1) is 0 Å². The Morgan fingerprint density at radius 1 is 1.63 bits per heavy atom. The SMILES string of the molecule is Cc1cn([C@H]2CC(O)[C@@](C=O)(CO)O2)c(=O)[nH]c1=O. The Hall–Kier alpha value is -1.77. The molecule has 0 radical (unpaired) electrons. The van der Waals surface area contributed by atoms with Crippen LogP contribution in [0.25, 0.3) is 0 Å². The zero-order valence-electron chi connectivity index (χ0n) is 10.2. The van der Waals surface area contributed by atoms with E-state index in [-0.39, 0.29) is 6.42 Å². The molecule has 1 aliphatic rings. The molecule has 1 aromatic rings. The van der Waals surface area contributed by atoms with Crippen LogP contribution in [0.3, 0.4) is 0 Å². The van der Waals surface area contributed by atoms with E-state index in [1.54, 1.807) is 0 Å². The second-order valence-electron chi connectivity index (χ2n) is 4.53. The number of nitrogens with zero attached hydrogens (tertiary/aromatic N) is 1. The molecule has 8 nitrogen and oxygen atoms in total. The van der Waals surface area contributed by atoms with Crippen LogP contribution in [0.2, 0.25) is 0 Å². The summed E-state index contributed by atoms with van der Waals surface area (Å²) in [6, 6.07) is 0. The summed E-state index contributed by atoms with van der Waals surface area (Å²) in [6.07, 6.45) is -0.572. The van der Waals surface area contributed by atoms with Gasteiger partial charge in [-0.05, 0) is 6.92 Å². The maximum atomic E-state index is 11.7. The summed E-state index contributed by atoms with van der Waals surface area (Å²) in [5.74, 6) is 0. The van der Waals surface area contributed by atoms with Crippen LogP contribution in [0.1, 0.15) is 18.2 Å². The van der Waals surface area contributed by atoms with Gasteiger partial charge >= 0.3 is 5.69 Å². The van der Waals surface area contributed by atoms with Gasteiger partial charge in [-0.2, -0.15) is 0 Å². The number of aromatic amines is 1. The highest BCUT2D eigenvalue weighted by atomic mass is 16.6. The lowest BCUT2D eigenvalue weighted by atomic mass is 10.00. The van der Waals surface area contributed by atoms with Crippen LogP contribution in [-0.2, 0) is 9.53 Å². The van der Waals surface area contributed by atoms with Gasteiger partial charge in [0, 0.05) is 18.2 Å². The number of aliphatic hydroxyl groups is 2. The van der Waals surface area contributed by atoms with E-state index in [0.29, 0.717) is 11.8 Å². The third kappa shape index (κ3) is 2.14. The molecule has 8 heteroatoms. The Labute approximate surface area is 107 Å². The van der Waals surface area contributed by atoms with Crippen LogP contribution in [0.4, 0.5) is 0 Å². The second-order valence-corrected chi connectivity index (χ2v) is 4.53. The third-order valence-electron chi connectivity index (χ3n) is 3.25. The fourth-order valence-electron chi connectivity index (χ4n) is 2.03. The van der Waals surface area contributed by atoms with Crippen molar-refractivity contribution >= 4 is 6.29 Å². The minimum Gasteiger partial charge on any atom is -0.393 e. The normalized spacial score (nSPS) is 30.5. The number of rotatable bonds is 3. The molecule has 0 aliphatic carbocycles. The summed E-state index contributed by atoms with van der Waals surface area (Å²) in [5.41, 5.74) is -2.64. The molecule has 2 heterocycles. The van der Waals surface area contributed by atoms with E-state index in [2.05, 4.69) is 4.98 Å². The van der Waals surface area contributed by atoms with Crippen molar-refractivity contribution in [3.63, 3.8) is 0 Å². The van der Waals surface area contributed by atoms with Crippen molar-refractivity contribution in [2.45, 2.75) is 31.3 Å². The molecule has 3 N–H and O–H groups in total. The first-order valence-corrected chi connectivity index (χ1v) is 5.68. The van der Waals surface area contributed by atoms with Crippen molar-refractivity contribution in [3.8, 4) is 0 Å². The van der Waals surface area contributed by atoms with E-state index < -0.39 is 35.8 Å². The lowest BCUT2D eigenvalue weighted by Gasteiger charge is -2.23. The first kappa shape index (κ1) is 13.7. The zero-order valence-corrected chi connectivity index (χ0v) is 10.2. The van der Waals surface area contributed by atoms with E-state index in [4.69, 9.17) is 9.84 Å². The molecule has 1 unspecified atom stereocenters. The topological polar surface area (TPSA) is 122 Å². The van der Waals surface area contributed by atoms with Gasteiger partial charge in [-0.25, -0.2) is 4.79 Å². The standard InChI is InChI=1S/C11H14N2O6/c1-6-3-13(10(18)12-9(6)17)8-2-7(16)11(4-14,5-15)19-8/h3-4,7-8,15-16H,2,5H2,1H3,(H,12,17,18)/t7?,8-,11-/m1/s1. The van der Waals surface area contributed by atoms with Crippen molar-refractivity contribution in [3.05, 3.63) is 32.6 Å². The van der Waals surface area contributed by atoms with Crippen LogP contribution in [0, 0.1) is 6.92 Å². The molecular weight excluding hydrogens is 256 g/mol. The van der Waals surface area contributed by atoms with E-state index in [0.717, 1.165) is 4.57 Å². The third-order valence-corrected chi connectivity index (χ3v) is 3.25. The fourth-order valence-corrected chi connectivity index (χ4v) is 2.03. The number of hydrogen-bond acceptors (Lipinski definition) is 6. The highest BCUT2D eigenvalue weighted by Crippen LogP contribution is 2.34. The number of aldehydes is 1. The Kier molecular flexibility index (Phi) is 3.40. The van der Waals surface area contributed by atoms with Gasteiger partial charge in [-0.1, -0.05) is 0 Å². The average molecular weight is 270 g/mol. The van der Waals surface area contributed by atoms with Crippen molar-refractivity contribution in [2.24, 2.45) is 0 Å². The minimum absolute atomic E-state index is 0.0370. The quantitative estimate of drug-likeness (QED) is 0.549. The summed E-state index contributed by atoms with van der Waals surface area (Å²) in [7, 11) is 0. The summed E-state index contributed by atoms with van der Waals surface area (Å²) in [4.78, 5) is 36.0. The Bertz CT molecular complexity index is 606. The van der Waals surface area contributed by atoms with E-state index in [1.165, 1.54) is 13.1 Å². The highest BCUT2D eigenvalue weighted by Gasteiger charge is 2.48. The van der Waals surface area contributed by atoms with Crippen LogP contribution in [0.15, 0.2) is 15.8 Å². The summed E-state index contributed by atoms with van der Waals surface area (Å²) in [5, 5.41) is 18.9. The molecule has 1 aliphatic heterocycles. The second kappa shape index (κ2) is 4.72. The molecule has 2 rings (SSSR count). The van der Waals surface area contributed by atoms with Gasteiger partial charge in [0.1, 0.15) is 6.23 Å². The molecule has 104 valence electrons. The van der Waals surface area contributed by atoms with E-state index in [9.17, 15) is 19.5 Å². The van der Waals surface area contributed by atoms with Gasteiger partial charge < -0.3 is 14.9 Å². The number of aryl methyl sites for hydroxylation is 1. The zero-order chi connectivity index (χ0) is 14.2. The van der Waals surface area contributed by atoms with Gasteiger partial charge in [0.15, 0.2) is 11.9 Å². The van der Waals surface area contributed by atoms with Crippen molar-refractivity contribution in [2.75, 3.05) is 6.61 Å². The molecule has 0 aromatic carbocycles. The molecular formula is C11H14N2O6. The molecule has 1 fully saturated rings. The average Bonchev–Trinajstić information content (AvgIpc) is 2.71. The molecule has 0 bridgehead atoms. The number of H-pyrrole nitrogens is 1. The molecule has 0 spiro atoms. The predicted molar refractivity (Wildman–Crippen MR) is 62.7 cm³/mol. The van der Waals surface area contributed by atoms with Crippen molar-refractivity contribution in [1.29, 1.82) is 0 Å². The van der Waals surface area contributed by atoms with Gasteiger partial charge in [0.25, 0.3) is 5.56 Å². The highest BCUT2D eigenvalue weighted by molar-refractivity contribution is 5.64. The van der Waals surface area contributed by atoms with Crippen molar-refractivity contribution in [1.82, 2.24) is 9.55 Å². The maximum Gasteiger partial charge on any atom is 0.330 e. The van der Waals surface area contributed by atoms with Gasteiger partial charge in [-0.3, -0.25) is 19.1 Å². The van der Waals surface area contributed by atoms with E-state index in [1.807, 2.05) is 0 Å². The number of carbonyl (C=O) groups is 1. The lowest BCUT2D eigenvalue weighted by molar-refractivity contribution is -0.151. The molecule has 1 aromatic heterocycles. The largest absolute Gasteiger partial charge is 0.393 e. The van der Waals surface area contributed by atoms with E-state index >= 15 is 0 Å².